The van der Waals surface area contributed by atoms with Crippen LogP contribution in [0.1, 0.15) is 28.9 Å². The molecule has 4 rings (SSSR count). The van der Waals surface area contributed by atoms with E-state index in [1.807, 2.05) is 61.2 Å². The van der Waals surface area contributed by atoms with Crippen LogP contribution in [0.5, 0.6) is 0 Å². The van der Waals surface area contributed by atoms with Gasteiger partial charge in [-0.25, -0.2) is 4.68 Å². The van der Waals surface area contributed by atoms with E-state index in [1.165, 1.54) is 5.56 Å². The molecule has 1 aliphatic rings. The van der Waals surface area contributed by atoms with Gasteiger partial charge in [-0.05, 0) is 56.5 Å². The molecule has 0 saturated heterocycles. The molecule has 0 saturated carbocycles. The van der Waals surface area contributed by atoms with Gasteiger partial charge in [-0.1, -0.05) is 29.0 Å². The summed E-state index contributed by atoms with van der Waals surface area (Å²) in [5.74, 6) is 0.0283. The number of aromatic nitrogens is 3. The summed E-state index contributed by atoms with van der Waals surface area (Å²) in [7, 11) is 0. The third kappa shape index (κ3) is 3.18. The summed E-state index contributed by atoms with van der Waals surface area (Å²) in [6.45, 7) is 4.70. The van der Waals surface area contributed by atoms with Crippen molar-refractivity contribution in [1.82, 2.24) is 15.0 Å². The molecule has 1 amide bonds. The zero-order valence-corrected chi connectivity index (χ0v) is 15.6. The first-order chi connectivity index (χ1) is 13.0. The number of hydrogen-bond acceptors (Lipinski definition) is 4. The summed E-state index contributed by atoms with van der Waals surface area (Å²) in [6.07, 6.45) is 2.06. The fraction of sp³-hybridized carbons (Fsp3) is 0.286. The lowest BCUT2D eigenvalue weighted by molar-refractivity contribution is -0.118. The molecule has 1 aromatic heterocycles. The number of anilines is 2. The van der Waals surface area contributed by atoms with Gasteiger partial charge in [-0.3, -0.25) is 4.79 Å². The molecule has 0 fully saturated rings. The van der Waals surface area contributed by atoms with Gasteiger partial charge in [0.1, 0.15) is 0 Å². The van der Waals surface area contributed by atoms with Gasteiger partial charge < -0.3 is 10.6 Å². The van der Waals surface area contributed by atoms with Crippen LogP contribution in [-0.2, 0) is 17.6 Å². The van der Waals surface area contributed by atoms with Crippen molar-refractivity contribution in [2.75, 3.05) is 17.2 Å². The van der Waals surface area contributed by atoms with Crippen molar-refractivity contribution in [3.05, 3.63) is 65.0 Å². The maximum absolute atomic E-state index is 13.0. The number of nitrogens with two attached hydrogens (primary N) is 1. The second-order valence-electron chi connectivity index (χ2n) is 7.04. The molecule has 6 nitrogen and oxygen atoms in total. The van der Waals surface area contributed by atoms with E-state index in [0.29, 0.717) is 12.2 Å². The molecule has 2 N–H and O–H groups in total. The smallest absolute Gasteiger partial charge is 0.233 e. The molecule has 2 aromatic carbocycles. The normalized spacial score (nSPS) is 13.5. The number of hydrogen-bond donors (Lipinski definition) is 1. The van der Waals surface area contributed by atoms with Crippen LogP contribution in [0, 0.1) is 13.8 Å². The number of carbonyl (C=O) groups excluding carboxylic acids is 1. The second kappa shape index (κ2) is 6.87. The number of rotatable bonds is 3. The molecule has 6 heteroatoms. The maximum atomic E-state index is 13.0. The average Bonchev–Trinajstić information content (AvgIpc) is 3.03. The summed E-state index contributed by atoms with van der Waals surface area (Å²) in [5.41, 5.74) is 12.6. The van der Waals surface area contributed by atoms with Crippen LogP contribution in [0.25, 0.3) is 5.69 Å². The SMILES string of the molecule is Cc1ccc(-n2nnc(CC(=O)N3CCCc4c(N)cccc43)c2C)cc1. The van der Waals surface area contributed by atoms with Gasteiger partial charge in [0.15, 0.2) is 0 Å². The zero-order valence-electron chi connectivity index (χ0n) is 15.6. The van der Waals surface area contributed by atoms with Crippen LogP contribution < -0.4 is 10.6 Å². The van der Waals surface area contributed by atoms with E-state index in [-0.39, 0.29) is 12.3 Å². The first-order valence-electron chi connectivity index (χ1n) is 9.20. The number of nitrogen functional groups attached to an aromatic ring is 1. The van der Waals surface area contributed by atoms with Crippen molar-refractivity contribution in [2.45, 2.75) is 33.1 Å². The van der Waals surface area contributed by atoms with Gasteiger partial charge in [0.05, 0.1) is 23.5 Å². The summed E-state index contributed by atoms with van der Waals surface area (Å²) in [4.78, 5) is 14.8. The van der Waals surface area contributed by atoms with Crippen molar-refractivity contribution < 1.29 is 4.79 Å². The highest BCUT2D eigenvalue weighted by Gasteiger charge is 2.25. The van der Waals surface area contributed by atoms with Gasteiger partial charge in [0.25, 0.3) is 0 Å². The lowest BCUT2D eigenvalue weighted by atomic mass is 9.99. The van der Waals surface area contributed by atoms with Crippen molar-refractivity contribution in [3.63, 3.8) is 0 Å². The average molecular weight is 361 g/mol. The molecular formula is C21H23N5O. The molecule has 0 bridgehead atoms. The Morgan fingerprint density at radius 3 is 2.70 bits per heavy atom. The lowest BCUT2D eigenvalue weighted by Crippen LogP contribution is -2.37. The highest BCUT2D eigenvalue weighted by molar-refractivity contribution is 5.96. The fourth-order valence-corrected chi connectivity index (χ4v) is 3.60. The Labute approximate surface area is 158 Å². The van der Waals surface area contributed by atoms with Gasteiger partial charge in [0.2, 0.25) is 5.91 Å². The largest absolute Gasteiger partial charge is 0.398 e. The number of nitrogens with zero attached hydrogens (tertiary/aromatic N) is 4. The summed E-state index contributed by atoms with van der Waals surface area (Å²) < 4.78 is 1.78. The first-order valence-corrected chi connectivity index (χ1v) is 9.20. The summed E-state index contributed by atoms with van der Waals surface area (Å²) >= 11 is 0. The number of aryl methyl sites for hydroxylation is 1. The Bertz CT molecular complexity index is 990. The Hall–Kier alpha value is -3.15. The third-order valence-electron chi connectivity index (χ3n) is 5.18. The number of benzene rings is 2. The molecule has 0 atom stereocenters. The zero-order chi connectivity index (χ0) is 19.0. The predicted octanol–water partition coefficient (Wildman–Crippen LogP) is 2.99. The van der Waals surface area contributed by atoms with Crippen LogP contribution in [0.15, 0.2) is 42.5 Å². The number of amides is 1. The van der Waals surface area contributed by atoms with Gasteiger partial charge in [-0.15, -0.1) is 5.10 Å². The second-order valence-corrected chi connectivity index (χ2v) is 7.04. The van der Waals surface area contributed by atoms with Gasteiger partial charge in [0, 0.05) is 17.9 Å². The summed E-state index contributed by atoms with van der Waals surface area (Å²) in [6, 6.07) is 13.9. The number of carbonyl (C=O) groups is 1. The summed E-state index contributed by atoms with van der Waals surface area (Å²) in [5, 5.41) is 8.51. The van der Waals surface area contributed by atoms with Crippen molar-refractivity contribution in [1.29, 1.82) is 0 Å². The van der Waals surface area contributed by atoms with Crippen molar-refractivity contribution in [3.8, 4) is 5.69 Å². The fourth-order valence-electron chi connectivity index (χ4n) is 3.60. The van der Waals surface area contributed by atoms with Crippen molar-refractivity contribution in [2.24, 2.45) is 0 Å². The minimum Gasteiger partial charge on any atom is -0.398 e. The van der Waals surface area contributed by atoms with E-state index in [1.54, 1.807) is 4.68 Å². The predicted molar refractivity (Wildman–Crippen MR) is 106 cm³/mol. The van der Waals surface area contributed by atoms with E-state index >= 15 is 0 Å². The first kappa shape index (κ1) is 17.3. The van der Waals surface area contributed by atoms with E-state index < -0.39 is 0 Å². The highest BCUT2D eigenvalue weighted by Crippen LogP contribution is 2.31. The third-order valence-corrected chi connectivity index (χ3v) is 5.18. The van der Waals surface area contributed by atoms with Crippen LogP contribution in [-0.4, -0.2) is 27.4 Å². The Kier molecular flexibility index (Phi) is 4.39. The highest BCUT2D eigenvalue weighted by atomic mass is 16.2. The molecule has 0 spiro atoms. The minimum atomic E-state index is 0.0283. The lowest BCUT2D eigenvalue weighted by Gasteiger charge is -2.30. The molecular weight excluding hydrogens is 338 g/mol. The van der Waals surface area contributed by atoms with Crippen LogP contribution in [0.3, 0.4) is 0 Å². The molecule has 0 unspecified atom stereocenters. The molecule has 1 aliphatic heterocycles. The minimum absolute atomic E-state index is 0.0283. The molecule has 2 heterocycles. The van der Waals surface area contributed by atoms with Crippen molar-refractivity contribution >= 4 is 17.3 Å². The topological polar surface area (TPSA) is 77.0 Å². The Morgan fingerprint density at radius 1 is 1.15 bits per heavy atom. The Morgan fingerprint density at radius 2 is 1.93 bits per heavy atom. The molecule has 3 aromatic rings. The molecule has 0 radical (unpaired) electrons. The Balaban J connectivity index is 1.58. The van der Waals surface area contributed by atoms with Crippen LogP contribution >= 0.6 is 0 Å². The van der Waals surface area contributed by atoms with E-state index in [0.717, 1.165) is 41.2 Å². The van der Waals surface area contributed by atoms with E-state index in [2.05, 4.69) is 10.3 Å². The monoisotopic (exact) mass is 361 g/mol. The van der Waals surface area contributed by atoms with E-state index in [9.17, 15) is 4.79 Å². The molecule has 0 aliphatic carbocycles. The molecule has 138 valence electrons. The number of fused-ring (bicyclic) bond motifs is 1. The quantitative estimate of drug-likeness (QED) is 0.728. The van der Waals surface area contributed by atoms with Crippen LogP contribution in [0.4, 0.5) is 11.4 Å². The van der Waals surface area contributed by atoms with E-state index in [4.69, 9.17) is 5.73 Å². The maximum Gasteiger partial charge on any atom is 0.233 e. The molecule has 27 heavy (non-hydrogen) atoms. The van der Waals surface area contributed by atoms with Gasteiger partial charge in [-0.2, -0.15) is 0 Å². The van der Waals surface area contributed by atoms with Gasteiger partial charge >= 0.3 is 0 Å². The standard InChI is InChI=1S/C21H23N5O/c1-14-8-10-16(11-9-14)26-15(2)19(23-24-26)13-21(27)25-12-4-5-17-18(22)6-3-7-20(17)25/h3,6-11H,4-5,12-13,22H2,1-2H3. The van der Waals surface area contributed by atoms with Crippen LogP contribution in [0.2, 0.25) is 0 Å².